The fourth-order valence-electron chi connectivity index (χ4n) is 1.70. The number of aliphatic hydroxyl groups is 1. The third kappa shape index (κ3) is 2.44. The number of pyridine rings is 1. The normalized spacial score (nSPS) is 10.6. The predicted octanol–water partition coefficient (Wildman–Crippen LogP) is 3.86. The second-order valence-corrected chi connectivity index (χ2v) is 4.57. The summed E-state index contributed by atoms with van der Waals surface area (Å²) in [4.78, 5) is 4.31. The molecule has 4 heteroatoms. The van der Waals surface area contributed by atoms with Crippen molar-refractivity contribution < 1.29 is 5.11 Å². The Labute approximate surface area is 110 Å². The Morgan fingerprint density at radius 1 is 1.24 bits per heavy atom. The van der Waals surface area contributed by atoms with Gasteiger partial charge in [0.2, 0.25) is 0 Å². The highest BCUT2D eigenvalue weighted by molar-refractivity contribution is 6.36. The van der Waals surface area contributed by atoms with Crippen LogP contribution in [0, 0.1) is 6.92 Å². The summed E-state index contributed by atoms with van der Waals surface area (Å²) >= 11 is 12.0. The fraction of sp³-hybridized carbons (Fsp3) is 0.154. The standard InChI is InChI=1S/C13H11Cl2NO/c1-8-9(7-17)4-5-16-13(8)11-3-2-10(14)6-12(11)15/h2-6,17H,7H2,1H3. The lowest BCUT2D eigenvalue weighted by molar-refractivity contribution is 0.281. The minimum absolute atomic E-state index is 0.00738. The van der Waals surface area contributed by atoms with Crippen LogP contribution < -0.4 is 0 Å². The molecule has 0 unspecified atom stereocenters. The van der Waals surface area contributed by atoms with Crippen LogP contribution in [0.5, 0.6) is 0 Å². The number of aromatic nitrogens is 1. The second kappa shape index (κ2) is 5.05. The Kier molecular flexibility index (Phi) is 3.67. The minimum Gasteiger partial charge on any atom is -0.392 e. The molecular weight excluding hydrogens is 257 g/mol. The molecule has 88 valence electrons. The topological polar surface area (TPSA) is 33.1 Å². The van der Waals surface area contributed by atoms with Crippen molar-refractivity contribution in [2.45, 2.75) is 13.5 Å². The number of halogens is 2. The molecule has 0 aliphatic heterocycles. The minimum atomic E-state index is -0.00738. The molecule has 2 nitrogen and oxygen atoms in total. The maximum atomic E-state index is 9.22. The molecule has 0 aliphatic rings. The maximum absolute atomic E-state index is 9.22. The van der Waals surface area contributed by atoms with Crippen LogP contribution in [0.15, 0.2) is 30.5 Å². The van der Waals surface area contributed by atoms with Gasteiger partial charge in [-0.15, -0.1) is 0 Å². The fourth-order valence-corrected chi connectivity index (χ4v) is 2.20. The van der Waals surface area contributed by atoms with Gasteiger partial charge in [-0.3, -0.25) is 4.98 Å². The Bertz CT molecular complexity index is 555. The molecule has 2 aromatic rings. The first-order valence-electron chi connectivity index (χ1n) is 5.14. The van der Waals surface area contributed by atoms with Crippen molar-refractivity contribution in [3.05, 3.63) is 51.6 Å². The average molecular weight is 268 g/mol. The van der Waals surface area contributed by atoms with E-state index in [1.807, 2.05) is 13.0 Å². The average Bonchev–Trinajstić information content (AvgIpc) is 2.30. The van der Waals surface area contributed by atoms with Crippen molar-refractivity contribution in [1.29, 1.82) is 0 Å². The van der Waals surface area contributed by atoms with Gasteiger partial charge in [0.25, 0.3) is 0 Å². The molecule has 0 atom stereocenters. The van der Waals surface area contributed by atoms with Crippen molar-refractivity contribution >= 4 is 23.2 Å². The summed E-state index contributed by atoms with van der Waals surface area (Å²) in [5.41, 5.74) is 3.38. The number of hydrogen-bond acceptors (Lipinski definition) is 2. The lowest BCUT2D eigenvalue weighted by Gasteiger charge is -2.10. The van der Waals surface area contributed by atoms with Crippen LogP contribution in [-0.2, 0) is 6.61 Å². The summed E-state index contributed by atoms with van der Waals surface area (Å²) in [6.45, 7) is 1.91. The molecule has 1 N–H and O–H groups in total. The zero-order chi connectivity index (χ0) is 12.4. The van der Waals surface area contributed by atoms with Crippen molar-refractivity contribution in [2.75, 3.05) is 0 Å². The zero-order valence-electron chi connectivity index (χ0n) is 9.24. The molecule has 1 aromatic heterocycles. The zero-order valence-corrected chi connectivity index (χ0v) is 10.8. The molecule has 0 amide bonds. The van der Waals surface area contributed by atoms with Crippen molar-refractivity contribution in [3.8, 4) is 11.3 Å². The van der Waals surface area contributed by atoms with E-state index >= 15 is 0 Å². The Hall–Kier alpha value is -1.09. The molecule has 0 bridgehead atoms. The van der Waals surface area contributed by atoms with Gasteiger partial charge in [0, 0.05) is 16.8 Å². The van der Waals surface area contributed by atoms with Crippen LogP contribution in [0.4, 0.5) is 0 Å². The lowest BCUT2D eigenvalue weighted by atomic mass is 10.0. The van der Waals surface area contributed by atoms with Crippen LogP contribution in [0.1, 0.15) is 11.1 Å². The number of hydrogen-bond donors (Lipinski definition) is 1. The van der Waals surface area contributed by atoms with Gasteiger partial charge in [0.05, 0.1) is 17.3 Å². The molecular formula is C13H11Cl2NO. The summed E-state index contributed by atoms with van der Waals surface area (Å²) < 4.78 is 0. The van der Waals surface area contributed by atoms with E-state index in [9.17, 15) is 5.11 Å². The molecule has 0 fully saturated rings. The molecule has 17 heavy (non-hydrogen) atoms. The molecule has 0 saturated carbocycles. The summed E-state index contributed by atoms with van der Waals surface area (Å²) in [6.07, 6.45) is 1.67. The number of aliphatic hydroxyl groups excluding tert-OH is 1. The molecule has 0 aliphatic carbocycles. The lowest BCUT2D eigenvalue weighted by Crippen LogP contribution is -1.95. The SMILES string of the molecule is Cc1c(CO)ccnc1-c1ccc(Cl)cc1Cl. The molecule has 0 saturated heterocycles. The first-order chi connectivity index (χ1) is 8.13. The van der Waals surface area contributed by atoms with E-state index in [0.29, 0.717) is 10.0 Å². The van der Waals surface area contributed by atoms with E-state index in [2.05, 4.69) is 4.98 Å². The molecule has 2 rings (SSSR count). The van der Waals surface area contributed by atoms with Gasteiger partial charge in [0.1, 0.15) is 0 Å². The van der Waals surface area contributed by atoms with Crippen LogP contribution in [-0.4, -0.2) is 10.1 Å². The molecule has 0 radical (unpaired) electrons. The highest BCUT2D eigenvalue weighted by Gasteiger charge is 2.10. The van der Waals surface area contributed by atoms with Crippen LogP contribution >= 0.6 is 23.2 Å². The van der Waals surface area contributed by atoms with Crippen molar-refractivity contribution in [2.24, 2.45) is 0 Å². The smallest absolute Gasteiger partial charge is 0.0749 e. The summed E-state index contributed by atoms with van der Waals surface area (Å²) in [5, 5.41) is 10.4. The first-order valence-corrected chi connectivity index (χ1v) is 5.90. The predicted molar refractivity (Wildman–Crippen MR) is 70.4 cm³/mol. The largest absolute Gasteiger partial charge is 0.392 e. The van der Waals surface area contributed by atoms with Crippen LogP contribution in [0.2, 0.25) is 10.0 Å². The summed E-state index contributed by atoms with van der Waals surface area (Å²) in [5.74, 6) is 0. The van der Waals surface area contributed by atoms with E-state index in [1.54, 1.807) is 24.4 Å². The summed E-state index contributed by atoms with van der Waals surface area (Å²) in [6, 6.07) is 7.09. The van der Waals surface area contributed by atoms with Crippen LogP contribution in [0.3, 0.4) is 0 Å². The maximum Gasteiger partial charge on any atom is 0.0749 e. The van der Waals surface area contributed by atoms with Gasteiger partial charge in [-0.05, 0) is 42.3 Å². The van der Waals surface area contributed by atoms with E-state index in [4.69, 9.17) is 23.2 Å². The molecule has 1 aromatic carbocycles. The first kappa shape index (κ1) is 12.4. The van der Waals surface area contributed by atoms with Gasteiger partial charge in [-0.1, -0.05) is 23.2 Å². The molecule has 0 spiro atoms. The van der Waals surface area contributed by atoms with Gasteiger partial charge in [0.15, 0.2) is 0 Å². The number of benzene rings is 1. The van der Waals surface area contributed by atoms with Crippen molar-refractivity contribution in [1.82, 2.24) is 4.98 Å². The highest BCUT2D eigenvalue weighted by Crippen LogP contribution is 2.31. The van der Waals surface area contributed by atoms with Gasteiger partial charge >= 0.3 is 0 Å². The number of rotatable bonds is 2. The van der Waals surface area contributed by atoms with Gasteiger partial charge in [-0.2, -0.15) is 0 Å². The van der Waals surface area contributed by atoms with Crippen LogP contribution in [0.25, 0.3) is 11.3 Å². The quantitative estimate of drug-likeness (QED) is 0.897. The van der Waals surface area contributed by atoms with Gasteiger partial charge < -0.3 is 5.11 Å². The third-order valence-corrected chi connectivity index (χ3v) is 3.22. The Morgan fingerprint density at radius 3 is 2.65 bits per heavy atom. The molecule has 1 heterocycles. The Morgan fingerprint density at radius 2 is 2.00 bits per heavy atom. The number of nitrogens with zero attached hydrogens (tertiary/aromatic N) is 1. The van der Waals surface area contributed by atoms with Crippen molar-refractivity contribution in [3.63, 3.8) is 0 Å². The van der Waals surface area contributed by atoms with Gasteiger partial charge in [-0.25, -0.2) is 0 Å². The van der Waals surface area contributed by atoms with E-state index < -0.39 is 0 Å². The van der Waals surface area contributed by atoms with E-state index in [1.165, 1.54) is 0 Å². The monoisotopic (exact) mass is 267 g/mol. The Balaban J connectivity index is 2.60. The highest BCUT2D eigenvalue weighted by atomic mass is 35.5. The van der Waals surface area contributed by atoms with E-state index in [0.717, 1.165) is 22.4 Å². The summed E-state index contributed by atoms with van der Waals surface area (Å²) in [7, 11) is 0. The third-order valence-electron chi connectivity index (χ3n) is 2.67. The van der Waals surface area contributed by atoms with E-state index in [-0.39, 0.29) is 6.61 Å². The second-order valence-electron chi connectivity index (χ2n) is 3.73.